The van der Waals surface area contributed by atoms with E-state index in [2.05, 4.69) is 4.98 Å². The zero-order valence-corrected chi connectivity index (χ0v) is 6.16. The van der Waals surface area contributed by atoms with Gasteiger partial charge >= 0.3 is 0 Å². The molecule has 1 saturated heterocycles. The average molecular weight is 150 g/mol. The monoisotopic (exact) mass is 150 g/mol. The molecule has 3 heteroatoms. The van der Waals surface area contributed by atoms with E-state index < -0.39 is 0 Å². The van der Waals surface area contributed by atoms with E-state index in [4.69, 9.17) is 10.5 Å². The predicted molar refractivity (Wildman–Crippen MR) is 40.9 cm³/mol. The van der Waals surface area contributed by atoms with Crippen LogP contribution in [0.2, 0.25) is 0 Å². The SMILES string of the molecule is NC1(c2cccnc2)COC1. The Kier molecular flexibility index (Phi) is 1.41. The third-order valence-corrected chi connectivity index (χ3v) is 1.96. The second-order valence-corrected chi connectivity index (χ2v) is 2.89. The molecule has 2 rings (SSSR count). The van der Waals surface area contributed by atoms with Gasteiger partial charge in [-0.05, 0) is 11.6 Å². The number of aromatic nitrogens is 1. The van der Waals surface area contributed by atoms with Crippen LogP contribution in [0.1, 0.15) is 5.56 Å². The van der Waals surface area contributed by atoms with Gasteiger partial charge in [-0.1, -0.05) is 6.07 Å². The summed E-state index contributed by atoms with van der Waals surface area (Å²) >= 11 is 0. The van der Waals surface area contributed by atoms with Gasteiger partial charge in [-0.15, -0.1) is 0 Å². The van der Waals surface area contributed by atoms with Crippen LogP contribution in [0.25, 0.3) is 0 Å². The maximum atomic E-state index is 5.96. The van der Waals surface area contributed by atoms with Gasteiger partial charge in [0.2, 0.25) is 0 Å². The Labute approximate surface area is 65.2 Å². The van der Waals surface area contributed by atoms with Crippen molar-refractivity contribution >= 4 is 0 Å². The minimum Gasteiger partial charge on any atom is -0.377 e. The van der Waals surface area contributed by atoms with Gasteiger partial charge in [-0.2, -0.15) is 0 Å². The Morgan fingerprint density at radius 2 is 2.36 bits per heavy atom. The van der Waals surface area contributed by atoms with Gasteiger partial charge in [-0.3, -0.25) is 4.98 Å². The molecule has 2 N–H and O–H groups in total. The highest BCUT2D eigenvalue weighted by Gasteiger charge is 2.35. The van der Waals surface area contributed by atoms with Crippen LogP contribution < -0.4 is 5.73 Å². The molecule has 0 unspecified atom stereocenters. The molecule has 3 nitrogen and oxygen atoms in total. The van der Waals surface area contributed by atoms with Gasteiger partial charge in [-0.25, -0.2) is 0 Å². The van der Waals surface area contributed by atoms with Gasteiger partial charge in [0.05, 0.1) is 18.8 Å². The number of rotatable bonds is 1. The van der Waals surface area contributed by atoms with Crippen LogP contribution >= 0.6 is 0 Å². The van der Waals surface area contributed by atoms with Crippen LogP contribution in [0.5, 0.6) is 0 Å². The fraction of sp³-hybridized carbons (Fsp3) is 0.375. The molecule has 0 amide bonds. The van der Waals surface area contributed by atoms with E-state index in [0.29, 0.717) is 13.2 Å². The Balaban J connectivity index is 2.29. The van der Waals surface area contributed by atoms with Crippen LogP contribution in [0.15, 0.2) is 24.5 Å². The second kappa shape index (κ2) is 2.29. The van der Waals surface area contributed by atoms with Crippen LogP contribution in [0.3, 0.4) is 0 Å². The van der Waals surface area contributed by atoms with Gasteiger partial charge in [0.25, 0.3) is 0 Å². The van der Waals surface area contributed by atoms with Crippen LogP contribution in [0.4, 0.5) is 0 Å². The molecule has 2 heterocycles. The molecule has 1 aromatic rings. The smallest absolute Gasteiger partial charge is 0.0898 e. The number of hydrogen-bond donors (Lipinski definition) is 1. The van der Waals surface area contributed by atoms with Crippen molar-refractivity contribution in [1.82, 2.24) is 4.98 Å². The summed E-state index contributed by atoms with van der Waals surface area (Å²) in [6, 6.07) is 3.87. The first-order valence-corrected chi connectivity index (χ1v) is 3.58. The third kappa shape index (κ3) is 1.02. The lowest BCUT2D eigenvalue weighted by Crippen LogP contribution is -2.54. The molecule has 1 fully saturated rings. The lowest BCUT2D eigenvalue weighted by molar-refractivity contribution is -0.0570. The summed E-state index contributed by atoms with van der Waals surface area (Å²) in [7, 11) is 0. The van der Waals surface area contributed by atoms with Gasteiger partial charge < -0.3 is 10.5 Å². The van der Waals surface area contributed by atoms with Gasteiger partial charge in [0.15, 0.2) is 0 Å². The Bertz CT molecular complexity index is 244. The normalized spacial score (nSPS) is 20.8. The Hall–Kier alpha value is -0.930. The summed E-state index contributed by atoms with van der Waals surface area (Å²) in [6.07, 6.45) is 3.54. The van der Waals surface area contributed by atoms with Crippen molar-refractivity contribution in [3.05, 3.63) is 30.1 Å². The zero-order chi connectivity index (χ0) is 7.73. The maximum Gasteiger partial charge on any atom is 0.0898 e. The summed E-state index contributed by atoms with van der Waals surface area (Å²) in [4.78, 5) is 4.00. The number of nitrogens with zero attached hydrogens (tertiary/aromatic N) is 1. The Morgan fingerprint density at radius 1 is 1.55 bits per heavy atom. The lowest BCUT2D eigenvalue weighted by Gasteiger charge is -2.37. The van der Waals surface area contributed by atoms with Crippen molar-refractivity contribution in [3.63, 3.8) is 0 Å². The molecule has 11 heavy (non-hydrogen) atoms. The summed E-state index contributed by atoms with van der Waals surface area (Å²) < 4.78 is 5.04. The largest absolute Gasteiger partial charge is 0.377 e. The van der Waals surface area contributed by atoms with Crippen molar-refractivity contribution in [2.45, 2.75) is 5.54 Å². The van der Waals surface area contributed by atoms with Gasteiger partial charge in [0.1, 0.15) is 0 Å². The van der Waals surface area contributed by atoms with E-state index in [-0.39, 0.29) is 5.54 Å². The molecule has 0 spiro atoms. The summed E-state index contributed by atoms with van der Waals surface area (Å²) in [5.74, 6) is 0. The first-order valence-electron chi connectivity index (χ1n) is 3.58. The minimum atomic E-state index is -0.270. The lowest BCUT2D eigenvalue weighted by atomic mass is 9.91. The fourth-order valence-electron chi connectivity index (χ4n) is 1.15. The van der Waals surface area contributed by atoms with Crippen molar-refractivity contribution < 1.29 is 4.74 Å². The van der Waals surface area contributed by atoms with E-state index in [1.54, 1.807) is 12.4 Å². The molecule has 1 aliphatic heterocycles. The van der Waals surface area contributed by atoms with Crippen LogP contribution in [-0.4, -0.2) is 18.2 Å². The maximum absolute atomic E-state index is 5.96. The van der Waals surface area contributed by atoms with Crippen molar-refractivity contribution in [1.29, 1.82) is 0 Å². The highest BCUT2D eigenvalue weighted by atomic mass is 16.5. The molecular weight excluding hydrogens is 140 g/mol. The molecule has 0 saturated carbocycles. The molecule has 0 radical (unpaired) electrons. The van der Waals surface area contributed by atoms with E-state index >= 15 is 0 Å². The zero-order valence-electron chi connectivity index (χ0n) is 6.16. The molecule has 0 atom stereocenters. The molecule has 0 aromatic carbocycles. The summed E-state index contributed by atoms with van der Waals surface area (Å²) in [5, 5.41) is 0. The van der Waals surface area contributed by atoms with Gasteiger partial charge in [0, 0.05) is 12.4 Å². The highest BCUT2D eigenvalue weighted by molar-refractivity contribution is 5.22. The second-order valence-electron chi connectivity index (χ2n) is 2.89. The van der Waals surface area contributed by atoms with E-state index in [9.17, 15) is 0 Å². The highest BCUT2D eigenvalue weighted by Crippen LogP contribution is 2.25. The third-order valence-electron chi connectivity index (χ3n) is 1.96. The van der Waals surface area contributed by atoms with Crippen LogP contribution in [-0.2, 0) is 10.3 Å². The number of ether oxygens (including phenoxy) is 1. The first kappa shape index (κ1) is 6.76. The number of pyridine rings is 1. The molecule has 1 aliphatic rings. The molecule has 0 aliphatic carbocycles. The quantitative estimate of drug-likeness (QED) is 0.625. The van der Waals surface area contributed by atoms with E-state index in [1.807, 2.05) is 12.1 Å². The first-order chi connectivity index (χ1) is 5.31. The molecule has 0 bridgehead atoms. The van der Waals surface area contributed by atoms with E-state index in [0.717, 1.165) is 5.56 Å². The van der Waals surface area contributed by atoms with Crippen LogP contribution in [0, 0.1) is 0 Å². The molecule has 58 valence electrons. The average Bonchev–Trinajstić information content (AvgIpc) is 2.02. The van der Waals surface area contributed by atoms with Crippen molar-refractivity contribution in [3.8, 4) is 0 Å². The minimum absolute atomic E-state index is 0.270. The topological polar surface area (TPSA) is 48.1 Å². The van der Waals surface area contributed by atoms with Crippen molar-refractivity contribution in [2.75, 3.05) is 13.2 Å². The predicted octanol–water partition coefficient (Wildman–Crippen LogP) is 0.266. The standard InChI is InChI=1S/C8H10N2O/c9-8(5-11-6-8)7-2-1-3-10-4-7/h1-4H,5-6,9H2. The summed E-state index contributed by atoms with van der Waals surface area (Å²) in [6.45, 7) is 1.22. The number of hydrogen-bond acceptors (Lipinski definition) is 3. The van der Waals surface area contributed by atoms with Crippen molar-refractivity contribution in [2.24, 2.45) is 5.73 Å². The summed E-state index contributed by atoms with van der Waals surface area (Å²) in [5.41, 5.74) is 6.75. The molecular formula is C8H10N2O. The number of nitrogens with two attached hydrogens (primary N) is 1. The molecule has 1 aromatic heterocycles. The van der Waals surface area contributed by atoms with E-state index in [1.165, 1.54) is 0 Å². The fourth-order valence-corrected chi connectivity index (χ4v) is 1.15. The Morgan fingerprint density at radius 3 is 2.82 bits per heavy atom.